The third kappa shape index (κ3) is 3.82. The van der Waals surface area contributed by atoms with Gasteiger partial charge in [-0.3, -0.25) is 4.79 Å². The lowest BCUT2D eigenvalue weighted by atomic mass is 10.1. The fraction of sp³-hybridized carbons (Fsp3) is 0.238. The standard InChI is InChI=1S/C21H22N6O3/c1-29-14-9-6-13(7-10-14)8-11-18(28)23-12-17-24-20-15-4-3-5-16(30-2)19(15)25-21(22)27(20)26-17/h3-7,9-10H,8,11-12H2,1-2H3,(H2,22,25)(H,23,28). The smallest absolute Gasteiger partial charge is 0.223 e. The van der Waals surface area contributed by atoms with Crippen LogP contribution in [0, 0.1) is 0 Å². The minimum atomic E-state index is -0.0812. The molecule has 0 saturated carbocycles. The Morgan fingerprint density at radius 1 is 1.10 bits per heavy atom. The van der Waals surface area contributed by atoms with Crippen LogP contribution >= 0.6 is 0 Å². The molecule has 154 valence electrons. The minimum Gasteiger partial charge on any atom is -0.497 e. The average molecular weight is 406 g/mol. The number of benzene rings is 2. The Bertz CT molecular complexity index is 1200. The quantitative estimate of drug-likeness (QED) is 0.483. The third-order valence-electron chi connectivity index (χ3n) is 4.80. The van der Waals surface area contributed by atoms with Gasteiger partial charge < -0.3 is 20.5 Å². The molecule has 0 saturated heterocycles. The molecule has 9 nitrogen and oxygen atoms in total. The van der Waals surface area contributed by atoms with Gasteiger partial charge >= 0.3 is 0 Å². The van der Waals surface area contributed by atoms with Crippen LogP contribution < -0.4 is 20.5 Å². The summed E-state index contributed by atoms with van der Waals surface area (Å²) in [6.45, 7) is 0.202. The van der Waals surface area contributed by atoms with E-state index in [1.165, 1.54) is 4.52 Å². The predicted molar refractivity (Wildman–Crippen MR) is 112 cm³/mol. The number of methoxy groups -OCH3 is 2. The van der Waals surface area contributed by atoms with E-state index in [-0.39, 0.29) is 18.4 Å². The van der Waals surface area contributed by atoms with Gasteiger partial charge in [0.15, 0.2) is 11.5 Å². The molecule has 2 heterocycles. The minimum absolute atomic E-state index is 0.0812. The van der Waals surface area contributed by atoms with E-state index in [0.29, 0.717) is 35.6 Å². The van der Waals surface area contributed by atoms with E-state index in [2.05, 4.69) is 20.4 Å². The highest BCUT2D eigenvalue weighted by atomic mass is 16.5. The molecule has 2 aromatic heterocycles. The summed E-state index contributed by atoms with van der Waals surface area (Å²) in [5.74, 6) is 1.98. The largest absolute Gasteiger partial charge is 0.497 e. The lowest BCUT2D eigenvalue weighted by Gasteiger charge is -2.06. The lowest BCUT2D eigenvalue weighted by Crippen LogP contribution is -2.23. The number of fused-ring (bicyclic) bond motifs is 3. The number of aryl methyl sites for hydroxylation is 1. The molecule has 0 aliphatic rings. The average Bonchev–Trinajstić information content (AvgIpc) is 3.21. The van der Waals surface area contributed by atoms with Crippen molar-refractivity contribution in [3.05, 3.63) is 53.9 Å². The normalized spacial score (nSPS) is 11.0. The Hall–Kier alpha value is -3.88. The highest BCUT2D eigenvalue weighted by Crippen LogP contribution is 2.27. The number of carbonyl (C=O) groups is 1. The first kappa shape index (κ1) is 19.4. The third-order valence-corrected chi connectivity index (χ3v) is 4.80. The molecular formula is C21H22N6O3. The zero-order valence-electron chi connectivity index (χ0n) is 16.8. The van der Waals surface area contributed by atoms with E-state index in [0.717, 1.165) is 16.7 Å². The van der Waals surface area contributed by atoms with E-state index >= 15 is 0 Å². The number of nitrogen functional groups attached to an aromatic ring is 1. The summed E-state index contributed by atoms with van der Waals surface area (Å²) in [5.41, 5.74) is 8.30. The topological polar surface area (TPSA) is 117 Å². The van der Waals surface area contributed by atoms with Gasteiger partial charge in [0.1, 0.15) is 17.0 Å². The van der Waals surface area contributed by atoms with Gasteiger partial charge in [-0.15, -0.1) is 5.10 Å². The van der Waals surface area contributed by atoms with Gasteiger partial charge in [0.25, 0.3) is 0 Å². The number of para-hydroxylation sites is 1. The van der Waals surface area contributed by atoms with Crippen molar-refractivity contribution in [2.75, 3.05) is 20.0 Å². The zero-order chi connectivity index (χ0) is 21.1. The number of nitrogens with zero attached hydrogens (tertiary/aromatic N) is 4. The fourth-order valence-corrected chi connectivity index (χ4v) is 3.22. The molecule has 2 aromatic carbocycles. The van der Waals surface area contributed by atoms with Crippen LogP contribution in [0.4, 0.5) is 5.95 Å². The van der Waals surface area contributed by atoms with Crippen LogP contribution in [0.3, 0.4) is 0 Å². The number of nitrogens with two attached hydrogens (primary N) is 1. The van der Waals surface area contributed by atoms with Crippen molar-refractivity contribution in [1.82, 2.24) is 24.9 Å². The summed E-state index contributed by atoms with van der Waals surface area (Å²) in [5, 5.41) is 8.00. The van der Waals surface area contributed by atoms with Crippen LogP contribution in [0.2, 0.25) is 0 Å². The summed E-state index contributed by atoms with van der Waals surface area (Å²) < 4.78 is 12.0. The van der Waals surface area contributed by atoms with Crippen LogP contribution in [0.1, 0.15) is 17.8 Å². The van der Waals surface area contributed by atoms with E-state index in [1.807, 2.05) is 42.5 Å². The molecule has 0 radical (unpaired) electrons. The molecule has 9 heteroatoms. The van der Waals surface area contributed by atoms with Gasteiger partial charge in [-0.05, 0) is 36.2 Å². The Morgan fingerprint density at radius 2 is 1.90 bits per heavy atom. The van der Waals surface area contributed by atoms with Crippen molar-refractivity contribution < 1.29 is 14.3 Å². The van der Waals surface area contributed by atoms with Crippen molar-refractivity contribution in [3.63, 3.8) is 0 Å². The SMILES string of the molecule is COc1ccc(CCC(=O)NCc2nc3c4cccc(OC)c4nc(N)n3n2)cc1. The van der Waals surface area contributed by atoms with Gasteiger partial charge in [-0.1, -0.05) is 18.2 Å². The van der Waals surface area contributed by atoms with E-state index in [1.54, 1.807) is 14.2 Å². The van der Waals surface area contributed by atoms with Gasteiger partial charge in [0.2, 0.25) is 11.9 Å². The van der Waals surface area contributed by atoms with Crippen molar-refractivity contribution in [3.8, 4) is 11.5 Å². The summed E-state index contributed by atoms with van der Waals surface area (Å²) in [6.07, 6.45) is 0.999. The van der Waals surface area contributed by atoms with Crippen LogP contribution in [0.25, 0.3) is 16.6 Å². The number of hydrogen-bond acceptors (Lipinski definition) is 7. The molecule has 3 N–H and O–H groups in total. The van der Waals surface area contributed by atoms with Gasteiger partial charge in [-0.2, -0.15) is 4.52 Å². The fourth-order valence-electron chi connectivity index (χ4n) is 3.22. The number of amides is 1. The molecule has 4 rings (SSSR count). The zero-order valence-corrected chi connectivity index (χ0v) is 16.8. The molecule has 0 bridgehead atoms. The first-order valence-corrected chi connectivity index (χ1v) is 9.46. The molecule has 0 fully saturated rings. The molecule has 0 spiro atoms. The highest BCUT2D eigenvalue weighted by molar-refractivity contribution is 5.95. The number of anilines is 1. The number of nitrogens with one attached hydrogen (secondary N) is 1. The Morgan fingerprint density at radius 3 is 2.63 bits per heavy atom. The molecule has 0 atom stereocenters. The van der Waals surface area contributed by atoms with Crippen molar-refractivity contribution in [2.45, 2.75) is 19.4 Å². The second-order valence-corrected chi connectivity index (χ2v) is 6.71. The maximum atomic E-state index is 12.2. The number of rotatable bonds is 7. The molecule has 30 heavy (non-hydrogen) atoms. The number of carbonyl (C=O) groups excluding carboxylic acids is 1. The first-order valence-electron chi connectivity index (χ1n) is 9.46. The van der Waals surface area contributed by atoms with E-state index in [4.69, 9.17) is 15.2 Å². The van der Waals surface area contributed by atoms with E-state index in [9.17, 15) is 4.79 Å². The molecule has 0 aliphatic heterocycles. The Labute approximate surface area is 172 Å². The summed E-state index contributed by atoms with van der Waals surface area (Å²) in [7, 11) is 3.20. The van der Waals surface area contributed by atoms with Gasteiger partial charge in [0, 0.05) is 11.8 Å². The predicted octanol–water partition coefficient (Wildman–Crippen LogP) is 2.13. The van der Waals surface area contributed by atoms with Crippen molar-refractivity contribution >= 4 is 28.4 Å². The number of hydrogen-bond donors (Lipinski definition) is 2. The second-order valence-electron chi connectivity index (χ2n) is 6.71. The highest BCUT2D eigenvalue weighted by Gasteiger charge is 2.14. The van der Waals surface area contributed by atoms with Crippen LogP contribution in [-0.4, -0.2) is 39.7 Å². The summed E-state index contributed by atoms with van der Waals surface area (Å²) >= 11 is 0. The maximum Gasteiger partial charge on any atom is 0.223 e. The molecule has 0 unspecified atom stereocenters. The molecular weight excluding hydrogens is 384 g/mol. The van der Waals surface area contributed by atoms with Crippen molar-refractivity contribution in [2.24, 2.45) is 0 Å². The summed E-state index contributed by atoms with van der Waals surface area (Å²) in [4.78, 5) is 21.1. The number of aromatic nitrogens is 4. The van der Waals surface area contributed by atoms with Crippen LogP contribution in [-0.2, 0) is 17.8 Å². The Kier molecular flexibility index (Phi) is 5.34. The van der Waals surface area contributed by atoms with Gasteiger partial charge in [-0.25, -0.2) is 9.97 Å². The lowest BCUT2D eigenvalue weighted by molar-refractivity contribution is -0.121. The Balaban J connectivity index is 1.45. The van der Waals surface area contributed by atoms with Crippen LogP contribution in [0.5, 0.6) is 11.5 Å². The maximum absolute atomic E-state index is 12.2. The van der Waals surface area contributed by atoms with Crippen LogP contribution in [0.15, 0.2) is 42.5 Å². The number of ether oxygens (including phenoxy) is 2. The molecule has 0 aliphatic carbocycles. The second kappa shape index (κ2) is 8.24. The molecule has 1 amide bonds. The van der Waals surface area contributed by atoms with E-state index < -0.39 is 0 Å². The summed E-state index contributed by atoms with van der Waals surface area (Å²) in [6, 6.07) is 13.2. The monoisotopic (exact) mass is 406 g/mol. The van der Waals surface area contributed by atoms with Crippen molar-refractivity contribution in [1.29, 1.82) is 0 Å². The first-order chi connectivity index (χ1) is 14.6. The molecule has 4 aromatic rings. The van der Waals surface area contributed by atoms with Gasteiger partial charge in [0.05, 0.1) is 20.8 Å².